The van der Waals surface area contributed by atoms with Crippen molar-refractivity contribution in [2.75, 3.05) is 18.1 Å². The maximum atomic E-state index is 9.10. The van der Waals surface area contributed by atoms with Crippen molar-refractivity contribution in [3.8, 4) is 0 Å². The van der Waals surface area contributed by atoms with Crippen LogP contribution in [0.15, 0.2) is 30.3 Å². The summed E-state index contributed by atoms with van der Waals surface area (Å²) in [5.41, 5.74) is 1.44. The first kappa shape index (κ1) is 16.5. The van der Waals surface area contributed by atoms with E-state index in [1.54, 1.807) is 0 Å². The number of carboxylic acids is 2. The second-order valence-electron chi connectivity index (χ2n) is 4.36. The molecule has 1 atom stereocenters. The molecule has 0 saturated carbocycles. The van der Waals surface area contributed by atoms with Gasteiger partial charge in [0, 0.05) is 11.8 Å². The summed E-state index contributed by atoms with van der Waals surface area (Å²) in [7, 11) is 0. The third-order valence-corrected chi connectivity index (χ3v) is 3.96. The van der Waals surface area contributed by atoms with Crippen LogP contribution in [0, 0.1) is 0 Å². The van der Waals surface area contributed by atoms with Gasteiger partial charge in [0.05, 0.1) is 0 Å². The molecule has 0 bridgehead atoms. The Bertz CT molecular complexity index is 406. The van der Waals surface area contributed by atoms with Gasteiger partial charge in [0.2, 0.25) is 0 Å². The number of hydrogen-bond acceptors (Lipinski definition) is 4. The third kappa shape index (κ3) is 7.16. The average Bonchev–Trinajstić information content (AvgIpc) is 2.94. The van der Waals surface area contributed by atoms with Crippen LogP contribution in [0.25, 0.3) is 0 Å². The monoisotopic (exact) mass is 297 g/mol. The molecule has 1 heterocycles. The number of hydrogen-bond donors (Lipinski definition) is 3. The number of aliphatic carboxylic acids is 2. The van der Waals surface area contributed by atoms with E-state index < -0.39 is 11.9 Å². The molecule has 1 aliphatic heterocycles. The minimum atomic E-state index is -1.82. The molecule has 1 unspecified atom stereocenters. The normalized spacial score (nSPS) is 17.1. The van der Waals surface area contributed by atoms with Crippen molar-refractivity contribution in [2.24, 2.45) is 0 Å². The van der Waals surface area contributed by atoms with E-state index in [1.807, 2.05) is 0 Å². The molecule has 1 aliphatic rings. The van der Waals surface area contributed by atoms with Crippen LogP contribution in [-0.2, 0) is 16.0 Å². The molecule has 2 rings (SSSR count). The Kier molecular flexibility index (Phi) is 7.75. The van der Waals surface area contributed by atoms with Crippen molar-refractivity contribution in [3.05, 3.63) is 35.9 Å². The molecule has 0 aliphatic carbocycles. The Morgan fingerprint density at radius 3 is 2.35 bits per heavy atom. The van der Waals surface area contributed by atoms with Crippen molar-refractivity contribution in [1.29, 1.82) is 0 Å². The van der Waals surface area contributed by atoms with Gasteiger partial charge in [-0.05, 0) is 30.7 Å². The van der Waals surface area contributed by atoms with Crippen LogP contribution >= 0.6 is 11.8 Å². The summed E-state index contributed by atoms with van der Waals surface area (Å²) in [6.07, 6.45) is 2.50. The molecule has 1 saturated heterocycles. The molecule has 110 valence electrons. The molecule has 20 heavy (non-hydrogen) atoms. The molecule has 6 heteroatoms. The first-order valence-electron chi connectivity index (χ1n) is 6.41. The van der Waals surface area contributed by atoms with E-state index in [4.69, 9.17) is 19.8 Å². The fourth-order valence-corrected chi connectivity index (χ4v) is 2.95. The predicted molar refractivity (Wildman–Crippen MR) is 79.2 cm³/mol. The quantitative estimate of drug-likeness (QED) is 0.730. The van der Waals surface area contributed by atoms with Crippen LogP contribution in [0.3, 0.4) is 0 Å². The molecular weight excluding hydrogens is 278 g/mol. The molecule has 1 aromatic rings. The fourth-order valence-electron chi connectivity index (χ4n) is 1.76. The van der Waals surface area contributed by atoms with Crippen molar-refractivity contribution in [1.82, 2.24) is 5.32 Å². The van der Waals surface area contributed by atoms with Crippen LogP contribution in [0.5, 0.6) is 0 Å². The summed E-state index contributed by atoms with van der Waals surface area (Å²) in [6, 6.07) is 11.5. The van der Waals surface area contributed by atoms with Crippen LogP contribution in [0.2, 0.25) is 0 Å². The van der Waals surface area contributed by atoms with E-state index in [0.717, 1.165) is 19.0 Å². The van der Waals surface area contributed by atoms with Crippen LogP contribution < -0.4 is 5.32 Å². The lowest BCUT2D eigenvalue weighted by molar-refractivity contribution is -0.159. The van der Waals surface area contributed by atoms with Gasteiger partial charge in [0.25, 0.3) is 0 Å². The van der Waals surface area contributed by atoms with Crippen LogP contribution in [-0.4, -0.2) is 46.2 Å². The molecule has 0 spiro atoms. The minimum Gasteiger partial charge on any atom is -0.473 e. The predicted octanol–water partition coefficient (Wildman–Crippen LogP) is 1.48. The lowest BCUT2D eigenvalue weighted by Gasteiger charge is -2.10. The number of benzene rings is 1. The highest BCUT2D eigenvalue weighted by molar-refractivity contribution is 7.99. The van der Waals surface area contributed by atoms with E-state index >= 15 is 0 Å². The minimum absolute atomic E-state index is 0.767. The summed E-state index contributed by atoms with van der Waals surface area (Å²) in [5.74, 6) is -1.01. The van der Waals surface area contributed by atoms with Gasteiger partial charge in [0.15, 0.2) is 0 Å². The van der Waals surface area contributed by atoms with Crippen molar-refractivity contribution in [2.45, 2.75) is 18.9 Å². The smallest absolute Gasteiger partial charge is 0.414 e. The van der Waals surface area contributed by atoms with Crippen molar-refractivity contribution >= 4 is 23.7 Å². The molecule has 0 amide bonds. The highest BCUT2D eigenvalue weighted by Gasteiger charge is 2.13. The van der Waals surface area contributed by atoms with Gasteiger partial charge in [-0.3, -0.25) is 0 Å². The Balaban J connectivity index is 0.000000286. The lowest BCUT2D eigenvalue weighted by Crippen LogP contribution is -2.30. The first-order valence-corrected chi connectivity index (χ1v) is 7.56. The summed E-state index contributed by atoms with van der Waals surface area (Å²) < 4.78 is 0. The number of carbonyl (C=O) groups is 2. The van der Waals surface area contributed by atoms with Crippen LogP contribution in [0.1, 0.15) is 12.0 Å². The topological polar surface area (TPSA) is 86.6 Å². The van der Waals surface area contributed by atoms with Gasteiger partial charge in [0.1, 0.15) is 0 Å². The van der Waals surface area contributed by atoms with E-state index in [1.165, 1.54) is 23.5 Å². The maximum Gasteiger partial charge on any atom is 0.414 e. The van der Waals surface area contributed by atoms with E-state index in [0.29, 0.717) is 0 Å². The Hall–Kier alpha value is -1.53. The highest BCUT2D eigenvalue weighted by Crippen LogP contribution is 2.16. The zero-order valence-electron chi connectivity index (χ0n) is 11.1. The third-order valence-electron chi connectivity index (χ3n) is 2.80. The summed E-state index contributed by atoms with van der Waals surface area (Å²) in [6.45, 7) is 1.12. The summed E-state index contributed by atoms with van der Waals surface area (Å²) >= 11 is 2.07. The Morgan fingerprint density at radius 2 is 1.85 bits per heavy atom. The van der Waals surface area contributed by atoms with E-state index in [-0.39, 0.29) is 0 Å². The van der Waals surface area contributed by atoms with E-state index in [2.05, 4.69) is 47.4 Å². The summed E-state index contributed by atoms with van der Waals surface area (Å²) in [5, 5.41) is 18.4. The van der Waals surface area contributed by atoms with Gasteiger partial charge in [-0.15, -0.1) is 0 Å². The molecule has 3 N–H and O–H groups in total. The second-order valence-corrected chi connectivity index (χ2v) is 5.51. The number of rotatable bonds is 4. The molecule has 0 aromatic heterocycles. The average molecular weight is 297 g/mol. The van der Waals surface area contributed by atoms with Crippen molar-refractivity contribution in [3.63, 3.8) is 0 Å². The number of nitrogens with one attached hydrogen (secondary N) is 1. The van der Waals surface area contributed by atoms with Gasteiger partial charge >= 0.3 is 11.9 Å². The zero-order chi connectivity index (χ0) is 14.8. The fraction of sp³-hybridized carbons (Fsp3) is 0.429. The van der Waals surface area contributed by atoms with Crippen LogP contribution in [0.4, 0.5) is 0 Å². The molecule has 0 radical (unpaired) electrons. The molecular formula is C14H19NO4S. The van der Waals surface area contributed by atoms with E-state index in [9.17, 15) is 0 Å². The van der Waals surface area contributed by atoms with Gasteiger partial charge in [-0.1, -0.05) is 30.3 Å². The number of thioether (sulfide) groups is 1. The molecule has 1 aromatic carbocycles. The van der Waals surface area contributed by atoms with Crippen molar-refractivity contribution < 1.29 is 19.8 Å². The lowest BCUT2D eigenvalue weighted by atomic mass is 10.1. The highest BCUT2D eigenvalue weighted by atomic mass is 32.2. The summed E-state index contributed by atoms with van der Waals surface area (Å²) in [4.78, 5) is 18.2. The number of carboxylic acid groups (broad SMARTS) is 2. The SMILES string of the molecule is O=C(O)C(=O)O.c1ccc(CCNC2CCSC2)cc1. The van der Waals surface area contributed by atoms with Gasteiger partial charge in [-0.2, -0.15) is 11.8 Å². The largest absolute Gasteiger partial charge is 0.473 e. The standard InChI is InChI=1S/C12H17NS.C2H2O4/c1-2-4-11(5-3-1)6-8-13-12-7-9-14-10-12;3-1(4)2(5)6/h1-5,12-13H,6-10H2;(H,3,4)(H,5,6). The molecule has 5 nitrogen and oxygen atoms in total. The zero-order valence-corrected chi connectivity index (χ0v) is 11.9. The maximum absolute atomic E-state index is 9.10. The Labute approximate surface area is 122 Å². The van der Waals surface area contributed by atoms with Gasteiger partial charge in [-0.25, -0.2) is 9.59 Å². The Morgan fingerprint density at radius 1 is 1.20 bits per heavy atom. The van der Waals surface area contributed by atoms with Gasteiger partial charge < -0.3 is 15.5 Å². The second kappa shape index (κ2) is 9.39. The first-order chi connectivity index (χ1) is 9.59. The molecule has 1 fully saturated rings.